The van der Waals surface area contributed by atoms with Crippen LogP contribution in [0.5, 0.6) is 5.75 Å². The topological polar surface area (TPSA) is 55.2 Å². The minimum absolute atomic E-state index is 0.0794. The maximum absolute atomic E-state index is 13.7. The highest BCUT2D eigenvalue weighted by atomic mass is 32.1. The smallest absolute Gasteiger partial charge is 0.428 e. The molecule has 0 aliphatic heterocycles. The molecule has 0 amide bonds. The fourth-order valence-corrected chi connectivity index (χ4v) is 3.74. The Hall–Kier alpha value is -2.97. The average molecular weight is 416 g/mol. The summed E-state index contributed by atoms with van der Waals surface area (Å²) in [5, 5.41) is 12.5. The molecule has 0 aliphatic carbocycles. The first-order valence-electron chi connectivity index (χ1n) is 8.65. The van der Waals surface area contributed by atoms with Gasteiger partial charge in [0.25, 0.3) is 0 Å². The summed E-state index contributed by atoms with van der Waals surface area (Å²) in [7, 11) is 0. The molecule has 29 heavy (non-hydrogen) atoms. The average Bonchev–Trinajstić information content (AvgIpc) is 3.26. The van der Waals surface area contributed by atoms with Gasteiger partial charge < -0.3 is 9.84 Å². The Labute approximate surface area is 168 Å². The molecule has 0 fully saturated rings. The molecule has 148 valence electrons. The number of rotatable bonds is 5. The van der Waals surface area contributed by atoms with Crippen molar-refractivity contribution < 1.29 is 23.0 Å². The molecular formula is C21H15F3N2O2S. The fourth-order valence-electron chi connectivity index (χ4n) is 2.97. The predicted molar refractivity (Wildman–Crippen MR) is 104 cm³/mol. The summed E-state index contributed by atoms with van der Waals surface area (Å²) < 4.78 is 46.9. The first-order valence-corrected chi connectivity index (χ1v) is 9.53. The van der Waals surface area contributed by atoms with Crippen molar-refractivity contribution in [1.29, 1.82) is 0 Å². The number of hydrogen-bond donors (Lipinski definition) is 1. The maximum Gasteiger partial charge on any atom is 0.428 e. The van der Waals surface area contributed by atoms with Gasteiger partial charge in [-0.15, -0.1) is 11.3 Å². The van der Waals surface area contributed by atoms with Crippen LogP contribution in [0.25, 0.3) is 10.9 Å². The van der Waals surface area contributed by atoms with Gasteiger partial charge in [0.1, 0.15) is 17.4 Å². The van der Waals surface area contributed by atoms with Gasteiger partial charge in [-0.25, -0.2) is 9.97 Å². The number of nitrogens with zero attached hydrogens (tertiary/aromatic N) is 2. The largest absolute Gasteiger partial charge is 0.487 e. The van der Waals surface area contributed by atoms with E-state index < -0.39 is 16.8 Å². The van der Waals surface area contributed by atoms with Crippen LogP contribution in [0.15, 0.2) is 72.2 Å². The van der Waals surface area contributed by atoms with Gasteiger partial charge in [-0.3, -0.25) is 0 Å². The molecule has 2 aromatic heterocycles. The van der Waals surface area contributed by atoms with E-state index in [0.29, 0.717) is 5.69 Å². The van der Waals surface area contributed by atoms with E-state index >= 15 is 0 Å². The summed E-state index contributed by atoms with van der Waals surface area (Å²) in [6.45, 7) is 0.0794. The highest BCUT2D eigenvalue weighted by molar-refractivity contribution is 7.09. The minimum Gasteiger partial charge on any atom is -0.487 e. The molecule has 4 rings (SSSR count). The second-order valence-electron chi connectivity index (χ2n) is 6.36. The summed E-state index contributed by atoms with van der Waals surface area (Å²) >= 11 is 0.737. The van der Waals surface area contributed by atoms with E-state index in [1.807, 2.05) is 30.3 Å². The number of para-hydroxylation sites is 1. The summed E-state index contributed by atoms with van der Waals surface area (Å²) in [4.78, 5) is 8.16. The van der Waals surface area contributed by atoms with Crippen molar-refractivity contribution in [2.75, 3.05) is 0 Å². The van der Waals surface area contributed by atoms with E-state index in [1.165, 1.54) is 35.8 Å². The predicted octanol–water partition coefficient (Wildman–Crippen LogP) is 5.07. The second kappa shape index (κ2) is 7.46. The number of hydrogen-bond acceptors (Lipinski definition) is 5. The lowest BCUT2D eigenvalue weighted by molar-refractivity contribution is -0.248. The molecule has 0 aliphatic rings. The molecule has 0 bridgehead atoms. The normalized spacial score (nSPS) is 13.9. The van der Waals surface area contributed by atoms with Crippen LogP contribution in [0.1, 0.15) is 16.3 Å². The van der Waals surface area contributed by atoms with Crippen molar-refractivity contribution >= 4 is 22.2 Å². The Morgan fingerprint density at radius 2 is 1.83 bits per heavy atom. The lowest BCUT2D eigenvalue weighted by atomic mass is 9.93. The number of thiazole rings is 1. The van der Waals surface area contributed by atoms with Gasteiger partial charge in [0.15, 0.2) is 0 Å². The van der Waals surface area contributed by atoms with Gasteiger partial charge in [-0.1, -0.05) is 36.4 Å². The summed E-state index contributed by atoms with van der Waals surface area (Å²) in [5.74, 6) is 0.191. The number of pyridine rings is 1. The summed E-state index contributed by atoms with van der Waals surface area (Å²) in [5.41, 5.74) is -2.12. The van der Waals surface area contributed by atoms with E-state index in [1.54, 1.807) is 6.07 Å². The van der Waals surface area contributed by atoms with Crippen LogP contribution in [-0.4, -0.2) is 21.3 Å². The molecule has 0 radical (unpaired) electrons. The molecule has 2 aromatic carbocycles. The van der Waals surface area contributed by atoms with Gasteiger partial charge in [-0.05, 0) is 24.3 Å². The molecule has 1 N–H and O–H groups in total. The monoisotopic (exact) mass is 416 g/mol. The molecule has 4 nitrogen and oxygen atoms in total. The van der Waals surface area contributed by atoms with Crippen LogP contribution in [0.2, 0.25) is 0 Å². The SMILES string of the molecule is OC(c1cccc(OCc2ccc3ccccc3n2)c1)(c1nccs1)C(F)(F)F. The Morgan fingerprint density at radius 1 is 1.00 bits per heavy atom. The van der Waals surface area contributed by atoms with Crippen LogP contribution in [0, 0.1) is 0 Å². The molecule has 4 aromatic rings. The van der Waals surface area contributed by atoms with Crippen molar-refractivity contribution in [3.05, 3.63) is 88.5 Å². The van der Waals surface area contributed by atoms with Crippen molar-refractivity contribution in [3.8, 4) is 5.75 Å². The third kappa shape index (κ3) is 3.68. The Bertz CT molecular complexity index is 1130. The Morgan fingerprint density at radius 3 is 2.59 bits per heavy atom. The molecule has 0 spiro atoms. The zero-order valence-electron chi connectivity index (χ0n) is 14.9. The van der Waals surface area contributed by atoms with Gasteiger partial charge >= 0.3 is 6.18 Å². The van der Waals surface area contributed by atoms with E-state index in [9.17, 15) is 18.3 Å². The Kier molecular flexibility index (Phi) is 4.97. The van der Waals surface area contributed by atoms with Gasteiger partial charge in [-0.2, -0.15) is 13.2 Å². The molecule has 0 saturated carbocycles. The molecule has 0 saturated heterocycles. The van der Waals surface area contributed by atoms with Crippen LogP contribution < -0.4 is 4.74 Å². The third-order valence-corrected chi connectivity index (χ3v) is 5.33. The number of halogens is 3. The number of aromatic nitrogens is 2. The van der Waals surface area contributed by atoms with Crippen molar-refractivity contribution in [3.63, 3.8) is 0 Å². The zero-order chi connectivity index (χ0) is 20.5. The van der Waals surface area contributed by atoms with Gasteiger partial charge in [0, 0.05) is 22.5 Å². The molecule has 8 heteroatoms. The fraction of sp³-hybridized carbons (Fsp3) is 0.143. The highest BCUT2D eigenvalue weighted by Crippen LogP contribution is 2.45. The molecule has 1 unspecified atom stereocenters. The lowest BCUT2D eigenvalue weighted by Gasteiger charge is -2.29. The van der Waals surface area contributed by atoms with E-state index in [0.717, 1.165) is 22.2 Å². The first-order chi connectivity index (χ1) is 13.9. The van der Waals surface area contributed by atoms with Crippen LogP contribution in [0.3, 0.4) is 0 Å². The van der Waals surface area contributed by atoms with Crippen molar-refractivity contribution in [2.45, 2.75) is 18.4 Å². The quantitative estimate of drug-likeness (QED) is 0.494. The number of ether oxygens (including phenoxy) is 1. The standard InChI is InChI=1S/C21H15F3N2O2S/c22-21(23,24)20(27,19-25-10-11-29-19)15-5-3-6-17(12-15)28-13-16-9-8-14-4-1-2-7-18(14)26-16/h1-12,27H,13H2. The van der Waals surface area contributed by atoms with E-state index in [4.69, 9.17) is 4.74 Å². The van der Waals surface area contributed by atoms with Gasteiger partial charge in [0.05, 0.1) is 11.2 Å². The summed E-state index contributed by atoms with van der Waals surface area (Å²) in [6.07, 6.45) is -3.72. The van der Waals surface area contributed by atoms with E-state index in [-0.39, 0.29) is 17.9 Å². The number of fused-ring (bicyclic) bond motifs is 1. The van der Waals surface area contributed by atoms with Crippen molar-refractivity contribution in [2.24, 2.45) is 0 Å². The van der Waals surface area contributed by atoms with E-state index in [2.05, 4.69) is 9.97 Å². The molecule has 2 heterocycles. The molecule has 1 atom stereocenters. The highest BCUT2D eigenvalue weighted by Gasteiger charge is 2.58. The lowest BCUT2D eigenvalue weighted by Crippen LogP contribution is -2.43. The van der Waals surface area contributed by atoms with Gasteiger partial charge in [0.2, 0.25) is 5.60 Å². The van der Waals surface area contributed by atoms with Crippen LogP contribution in [-0.2, 0) is 12.2 Å². The number of alkyl halides is 3. The maximum atomic E-state index is 13.7. The first kappa shape index (κ1) is 19.4. The minimum atomic E-state index is -4.94. The van der Waals surface area contributed by atoms with Crippen LogP contribution in [0.4, 0.5) is 13.2 Å². The number of benzene rings is 2. The second-order valence-corrected chi connectivity index (χ2v) is 7.25. The molecular weight excluding hydrogens is 401 g/mol. The number of aliphatic hydroxyl groups is 1. The van der Waals surface area contributed by atoms with Crippen LogP contribution >= 0.6 is 11.3 Å². The Balaban J connectivity index is 1.61. The third-order valence-electron chi connectivity index (χ3n) is 4.45. The van der Waals surface area contributed by atoms with Crippen molar-refractivity contribution in [1.82, 2.24) is 9.97 Å². The zero-order valence-corrected chi connectivity index (χ0v) is 15.7. The summed E-state index contributed by atoms with van der Waals surface area (Å²) in [6, 6.07) is 16.6.